The highest BCUT2D eigenvalue weighted by Gasteiger charge is 2.11. The van der Waals surface area contributed by atoms with Crippen molar-refractivity contribution >= 4 is 5.91 Å². The third kappa shape index (κ3) is 6.20. The third-order valence-electron chi connectivity index (χ3n) is 4.41. The number of carbonyl (C=O) groups excluding carboxylic acids is 1. The van der Waals surface area contributed by atoms with Crippen LogP contribution >= 0.6 is 0 Å². The van der Waals surface area contributed by atoms with Crippen LogP contribution in [0.25, 0.3) is 11.4 Å². The second-order valence-corrected chi connectivity index (χ2v) is 6.69. The Morgan fingerprint density at radius 2 is 1.85 bits per heavy atom. The van der Waals surface area contributed by atoms with Crippen molar-refractivity contribution in [2.24, 2.45) is 0 Å². The predicted octanol–water partition coefficient (Wildman–Crippen LogP) is 2.86. The molecule has 1 aromatic carbocycles. The van der Waals surface area contributed by atoms with Crippen LogP contribution in [0, 0.1) is 0 Å². The van der Waals surface area contributed by atoms with Crippen molar-refractivity contribution < 1.29 is 9.53 Å². The molecular weight excluding hydrogens is 344 g/mol. The van der Waals surface area contributed by atoms with E-state index in [4.69, 9.17) is 4.74 Å². The van der Waals surface area contributed by atoms with E-state index in [0.717, 1.165) is 24.2 Å². The van der Waals surface area contributed by atoms with E-state index in [9.17, 15) is 9.59 Å². The molecule has 7 heteroatoms. The van der Waals surface area contributed by atoms with Gasteiger partial charge in [0.25, 0.3) is 5.56 Å². The zero-order valence-electron chi connectivity index (χ0n) is 16.4. The van der Waals surface area contributed by atoms with Gasteiger partial charge in [-0.25, -0.2) is 0 Å². The monoisotopic (exact) mass is 372 g/mol. The van der Waals surface area contributed by atoms with Gasteiger partial charge in [-0.2, -0.15) is 0 Å². The molecule has 2 aromatic rings. The van der Waals surface area contributed by atoms with Crippen LogP contribution in [0.1, 0.15) is 52.7 Å². The lowest BCUT2D eigenvalue weighted by molar-refractivity contribution is -0.121. The number of nitrogens with zero attached hydrogens (tertiary/aromatic N) is 2. The van der Waals surface area contributed by atoms with Gasteiger partial charge < -0.3 is 15.0 Å². The molecule has 27 heavy (non-hydrogen) atoms. The maximum Gasteiger partial charge on any atom is 0.273 e. The summed E-state index contributed by atoms with van der Waals surface area (Å²) in [6.07, 6.45) is 2.40. The molecule has 2 rings (SSSR count). The van der Waals surface area contributed by atoms with E-state index in [-0.39, 0.29) is 42.1 Å². The van der Waals surface area contributed by atoms with E-state index in [1.54, 1.807) is 0 Å². The number of ether oxygens (including phenoxy) is 1. The van der Waals surface area contributed by atoms with Crippen molar-refractivity contribution in [1.82, 2.24) is 20.5 Å². The summed E-state index contributed by atoms with van der Waals surface area (Å²) < 4.78 is 5.74. The highest BCUT2D eigenvalue weighted by Crippen LogP contribution is 2.19. The Bertz CT molecular complexity index is 802. The smallest absolute Gasteiger partial charge is 0.273 e. The number of aryl methyl sites for hydroxylation is 1. The van der Waals surface area contributed by atoms with Gasteiger partial charge in [-0.15, -0.1) is 10.2 Å². The summed E-state index contributed by atoms with van der Waals surface area (Å²) in [5.74, 6) is 1.07. The molecular formula is C20H28N4O3. The number of H-pyrrole nitrogens is 1. The predicted molar refractivity (Wildman–Crippen MR) is 105 cm³/mol. The first-order valence-electron chi connectivity index (χ1n) is 9.45. The minimum atomic E-state index is -0.323. The number of carbonyl (C=O) groups is 1. The molecule has 0 saturated heterocycles. The van der Waals surface area contributed by atoms with Gasteiger partial charge >= 0.3 is 0 Å². The number of aromatic nitrogens is 3. The average molecular weight is 372 g/mol. The lowest BCUT2D eigenvalue weighted by Gasteiger charge is -2.12. The Morgan fingerprint density at radius 3 is 2.44 bits per heavy atom. The van der Waals surface area contributed by atoms with E-state index in [1.165, 1.54) is 0 Å². The molecule has 1 amide bonds. The van der Waals surface area contributed by atoms with Crippen LogP contribution in [0.2, 0.25) is 0 Å². The molecule has 1 heterocycles. The lowest BCUT2D eigenvalue weighted by atomic mass is 10.2. The minimum Gasteiger partial charge on any atom is -0.491 e. The molecule has 0 bridgehead atoms. The zero-order valence-corrected chi connectivity index (χ0v) is 16.4. The highest BCUT2D eigenvalue weighted by atomic mass is 16.5. The van der Waals surface area contributed by atoms with Gasteiger partial charge in [-0.1, -0.05) is 13.8 Å². The quantitative estimate of drug-likeness (QED) is 0.705. The molecule has 2 atom stereocenters. The Balaban J connectivity index is 2.01. The summed E-state index contributed by atoms with van der Waals surface area (Å²) in [6, 6.07) is 7.47. The van der Waals surface area contributed by atoms with Crippen LogP contribution in [-0.2, 0) is 11.2 Å². The summed E-state index contributed by atoms with van der Waals surface area (Å²) in [5, 5.41) is 11.0. The van der Waals surface area contributed by atoms with Crippen molar-refractivity contribution in [3.63, 3.8) is 0 Å². The number of aromatic amines is 1. The molecule has 0 aliphatic rings. The van der Waals surface area contributed by atoms with Gasteiger partial charge in [0.05, 0.1) is 6.10 Å². The SMILES string of the molecule is CCC(C)NC(=O)CCc1nnc(-c2ccc(OC(C)CC)cc2)[nH]c1=O. The first-order chi connectivity index (χ1) is 12.9. The fourth-order valence-corrected chi connectivity index (χ4v) is 2.34. The lowest BCUT2D eigenvalue weighted by Crippen LogP contribution is -2.32. The van der Waals surface area contributed by atoms with Crippen molar-refractivity contribution in [2.45, 2.75) is 65.5 Å². The van der Waals surface area contributed by atoms with Crippen LogP contribution < -0.4 is 15.6 Å². The van der Waals surface area contributed by atoms with E-state index in [1.807, 2.05) is 45.0 Å². The molecule has 0 fully saturated rings. The van der Waals surface area contributed by atoms with Crippen molar-refractivity contribution in [2.75, 3.05) is 0 Å². The molecule has 2 unspecified atom stereocenters. The summed E-state index contributed by atoms with van der Waals surface area (Å²) in [4.78, 5) is 26.8. The molecule has 7 nitrogen and oxygen atoms in total. The molecule has 0 saturated carbocycles. The highest BCUT2D eigenvalue weighted by molar-refractivity contribution is 5.76. The van der Waals surface area contributed by atoms with Gasteiger partial charge in [0.1, 0.15) is 11.4 Å². The number of nitrogens with one attached hydrogen (secondary N) is 2. The largest absolute Gasteiger partial charge is 0.491 e. The molecule has 0 radical (unpaired) electrons. The van der Waals surface area contributed by atoms with Gasteiger partial charge in [-0.3, -0.25) is 9.59 Å². The number of amides is 1. The van der Waals surface area contributed by atoms with Crippen LogP contribution in [0.3, 0.4) is 0 Å². The van der Waals surface area contributed by atoms with Crippen LogP contribution in [0.5, 0.6) is 5.75 Å². The first-order valence-corrected chi connectivity index (χ1v) is 9.45. The topological polar surface area (TPSA) is 97.0 Å². The van der Waals surface area contributed by atoms with E-state index >= 15 is 0 Å². The summed E-state index contributed by atoms with van der Waals surface area (Å²) in [5.41, 5.74) is 0.684. The van der Waals surface area contributed by atoms with E-state index in [2.05, 4.69) is 27.4 Å². The third-order valence-corrected chi connectivity index (χ3v) is 4.41. The zero-order chi connectivity index (χ0) is 19.8. The molecule has 146 valence electrons. The van der Waals surface area contributed by atoms with Gasteiger partial charge in [0.2, 0.25) is 5.91 Å². The second kappa shape index (κ2) is 9.85. The molecule has 0 aliphatic heterocycles. The van der Waals surface area contributed by atoms with Gasteiger partial charge in [-0.05, 0) is 51.0 Å². The Hall–Kier alpha value is -2.70. The van der Waals surface area contributed by atoms with Crippen molar-refractivity contribution in [3.05, 3.63) is 40.3 Å². The fraction of sp³-hybridized carbons (Fsp3) is 0.500. The van der Waals surface area contributed by atoms with Crippen molar-refractivity contribution in [3.8, 4) is 17.1 Å². The Kier molecular flexibility index (Phi) is 7.52. The van der Waals surface area contributed by atoms with Gasteiger partial charge in [0, 0.05) is 24.4 Å². The minimum absolute atomic E-state index is 0.0912. The van der Waals surface area contributed by atoms with E-state index < -0.39 is 0 Å². The summed E-state index contributed by atoms with van der Waals surface area (Å²) in [7, 11) is 0. The number of benzene rings is 1. The van der Waals surface area contributed by atoms with Crippen molar-refractivity contribution in [1.29, 1.82) is 0 Å². The Labute approximate surface area is 159 Å². The fourth-order valence-electron chi connectivity index (χ4n) is 2.34. The average Bonchev–Trinajstić information content (AvgIpc) is 2.67. The summed E-state index contributed by atoms with van der Waals surface area (Å²) in [6.45, 7) is 8.02. The standard InChI is InChI=1S/C20H28N4O3/c1-5-13(3)21-18(25)12-11-17-20(26)22-19(24-23-17)15-7-9-16(10-8-15)27-14(4)6-2/h7-10,13-14H,5-6,11-12H2,1-4H3,(H,21,25)(H,22,24,26). The Morgan fingerprint density at radius 1 is 1.15 bits per heavy atom. The molecule has 1 aromatic heterocycles. The molecule has 2 N–H and O–H groups in total. The molecule has 0 spiro atoms. The van der Waals surface area contributed by atoms with Crippen LogP contribution in [0.4, 0.5) is 0 Å². The van der Waals surface area contributed by atoms with Crippen LogP contribution in [-0.4, -0.2) is 33.2 Å². The summed E-state index contributed by atoms with van der Waals surface area (Å²) >= 11 is 0. The van der Waals surface area contributed by atoms with E-state index in [0.29, 0.717) is 5.82 Å². The number of hydrogen-bond acceptors (Lipinski definition) is 5. The van der Waals surface area contributed by atoms with Gasteiger partial charge in [0.15, 0.2) is 5.82 Å². The first kappa shape index (κ1) is 20.6. The number of hydrogen-bond donors (Lipinski definition) is 2. The van der Waals surface area contributed by atoms with Crippen LogP contribution in [0.15, 0.2) is 29.1 Å². The second-order valence-electron chi connectivity index (χ2n) is 6.69. The maximum atomic E-state index is 12.2. The molecule has 0 aliphatic carbocycles. The number of rotatable bonds is 9. The normalized spacial score (nSPS) is 13.0. The maximum absolute atomic E-state index is 12.2.